The van der Waals surface area contributed by atoms with Crippen LogP contribution in [0.25, 0.3) is 0 Å². The number of hydrogen-bond acceptors (Lipinski definition) is 3. The highest BCUT2D eigenvalue weighted by Gasteiger charge is 2.21. The van der Waals surface area contributed by atoms with E-state index in [-0.39, 0.29) is 11.2 Å². The smallest absolute Gasteiger partial charge is 0.124 e. The molecule has 0 aromatic heterocycles. The van der Waals surface area contributed by atoms with E-state index < -0.39 is 0 Å². The first-order valence-corrected chi connectivity index (χ1v) is 7.45. The van der Waals surface area contributed by atoms with Crippen molar-refractivity contribution in [2.75, 3.05) is 0 Å². The fourth-order valence-corrected chi connectivity index (χ4v) is 2.44. The Kier molecular flexibility index (Phi) is 6.05. The lowest BCUT2D eigenvalue weighted by molar-refractivity contribution is 0.318. The molecule has 0 atom stereocenters. The molecule has 2 N–H and O–H groups in total. The molecule has 1 aromatic rings. The first-order valence-electron chi connectivity index (χ1n) is 7.45. The van der Waals surface area contributed by atoms with E-state index in [1.54, 1.807) is 13.0 Å². The second kappa shape index (κ2) is 7.32. The van der Waals surface area contributed by atoms with Crippen LogP contribution in [0.3, 0.4) is 0 Å². The molecule has 0 heterocycles. The van der Waals surface area contributed by atoms with Gasteiger partial charge in [-0.3, -0.25) is 0 Å². The van der Waals surface area contributed by atoms with Crippen molar-refractivity contribution in [3.05, 3.63) is 29.3 Å². The Bertz CT molecular complexity index is 464. The standard InChI is InChI=1S/C17H27NO2/c1-5-6-7-8-11-17(3,4)14-9-10-16(19)15(12-14)13(2)18-20/h9-10,12,19-20H,5-8,11H2,1-4H3/b18-13+. The number of benzene rings is 1. The molecule has 0 spiro atoms. The normalized spacial score (nSPS) is 12.7. The molecule has 0 saturated carbocycles. The third kappa shape index (κ3) is 4.26. The van der Waals surface area contributed by atoms with E-state index in [1.807, 2.05) is 12.1 Å². The SMILES string of the molecule is CCCCCCC(C)(C)c1ccc(O)c(/C(C)=N/O)c1. The number of aromatic hydroxyl groups is 1. The minimum absolute atomic E-state index is 0.0614. The van der Waals surface area contributed by atoms with Gasteiger partial charge in [-0.15, -0.1) is 0 Å². The summed E-state index contributed by atoms with van der Waals surface area (Å²) >= 11 is 0. The highest BCUT2D eigenvalue weighted by atomic mass is 16.4. The number of hydrogen-bond donors (Lipinski definition) is 2. The number of unbranched alkanes of at least 4 members (excludes halogenated alkanes) is 3. The topological polar surface area (TPSA) is 52.8 Å². The van der Waals surface area contributed by atoms with Gasteiger partial charge in [0.05, 0.1) is 5.71 Å². The zero-order valence-electron chi connectivity index (χ0n) is 13.1. The number of nitrogens with zero attached hydrogens (tertiary/aromatic N) is 1. The maximum Gasteiger partial charge on any atom is 0.124 e. The van der Waals surface area contributed by atoms with Crippen LogP contribution in [0.5, 0.6) is 5.75 Å². The summed E-state index contributed by atoms with van der Waals surface area (Å²) < 4.78 is 0. The Balaban J connectivity index is 2.89. The lowest BCUT2D eigenvalue weighted by Gasteiger charge is -2.26. The maximum absolute atomic E-state index is 9.86. The first kappa shape index (κ1) is 16.5. The van der Waals surface area contributed by atoms with Crippen LogP contribution in [0.2, 0.25) is 0 Å². The summed E-state index contributed by atoms with van der Waals surface area (Å²) in [4.78, 5) is 0. The number of rotatable bonds is 7. The minimum atomic E-state index is 0.0614. The zero-order valence-corrected chi connectivity index (χ0v) is 13.1. The molecule has 0 amide bonds. The highest BCUT2D eigenvalue weighted by molar-refractivity contribution is 6.00. The van der Waals surface area contributed by atoms with Gasteiger partial charge in [-0.05, 0) is 36.5 Å². The van der Waals surface area contributed by atoms with Crippen molar-refractivity contribution >= 4 is 5.71 Å². The fraction of sp³-hybridized carbons (Fsp3) is 0.588. The van der Waals surface area contributed by atoms with Crippen molar-refractivity contribution in [2.24, 2.45) is 5.16 Å². The molecular formula is C17H27NO2. The van der Waals surface area contributed by atoms with E-state index in [9.17, 15) is 5.11 Å². The second-order valence-electron chi connectivity index (χ2n) is 6.11. The predicted octanol–water partition coefficient (Wildman–Crippen LogP) is 4.84. The zero-order chi connectivity index (χ0) is 15.2. The molecule has 1 rings (SSSR count). The molecular weight excluding hydrogens is 250 g/mol. The molecule has 0 saturated heterocycles. The van der Waals surface area contributed by atoms with Gasteiger partial charge in [0.2, 0.25) is 0 Å². The molecule has 0 aliphatic carbocycles. The van der Waals surface area contributed by atoms with Gasteiger partial charge in [-0.25, -0.2) is 0 Å². The van der Waals surface area contributed by atoms with Gasteiger partial charge >= 0.3 is 0 Å². The quantitative estimate of drug-likeness (QED) is 0.324. The molecule has 0 radical (unpaired) electrons. The van der Waals surface area contributed by atoms with Crippen molar-refractivity contribution in [3.8, 4) is 5.75 Å². The molecule has 0 bridgehead atoms. The van der Waals surface area contributed by atoms with Gasteiger partial charge in [0.15, 0.2) is 0 Å². The fourth-order valence-electron chi connectivity index (χ4n) is 2.44. The van der Waals surface area contributed by atoms with Gasteiger partial charge < -0.3 is 10.3 Å². The lowest BCUT2D eigenvalue weighted by Crippen LogP contribution is -2.17. The van der Waals surface area contributed by atoms with Crippen LogP contribution in [-0.4, -0.2) is 16.0 Å². The monoisotopic (exact) mass is 277 g/mol. The van der Waals surface area contributed by atoms with E-state index in [4.69, 9.17) is 5.21 Å². The largest absolute Gasteiger partial charge is 0.507 e. The summed E-state index contributed by atoms with van der Waals surface area (Å²) in [7, 11) is 0. The summed E-state index contributed by atoms with van der Waals surface area (Å²) in [6.07, 6.45) is 6.13. The highest BCUT2D eigenvalue weighted by Crippen LogP contribution is 2.32. The van der Waals surface area contributed by atoms with Gasteiger partial charge in [0.25, 0.3) is 0 Å². The molecule has 0 unspecified atom stereocenters. The second-order valence-corrected chi connectivity index (χ2v) is 6.11. The van der Waals surface area contributed by atoms with E-state index >= 15 is 0 Å². The van der Waals surface area contributed by atoms with Crippen LogP contribution >= 0.6 is 0 Å². The molecule has 1 aromatic carbocycles. The van der Waals surface area contributed by atoms with E-state index in [2.05, 4.69) is 25.9 Å². The Morgan fingerprint density at radius 2 is 1.90 bits per heavy atom. The molecule has 20 heavy (non-hydrogen) atoms. The summed E-state index contributed by atoms with van der Waals surface area (Å²) in [5.41, 5.74) is 2.27. The Morgan fingerprint density at radius 3 is 2.50 bits per heavy atom. The summed E-state index contributed by atoms with van der Waals surface area (Å²) in [5.74, 6) is 0.158. The maximum atomic E-state index is 9.86. The lowest BCUT2D eigenvalue weighted by atomic mass is 9.79. The van der Waals surface area contributed by atoms with Crippen LogP contribution < -0.4 is 0 Å². The van der Waals surface area contributed by atoms with Crippen molar-refractivity contribution in [2.45, 2.75) is 65.2 Å². The summed E-state index contributed by atoms with van der Waals surface area (Å²) in [6.45, 7) is 8.35. The minimum Gasteiger partial charge on any atom is -0.507 e. The van der Waals surface area contributed by atoms with Crippen LogP contribution in [-0.2, 0) is 5.41 Å². The number of phenolic OH excluding ortho intramolecular Hbond substituents is 1. The molecule has 0 aliphatic rings. The Morgan fingerprint density at radius 1 is 1.20 bits per heavy atom. The van der Waals surface area contributed by atoms with E-state index in [0.717, 1.165) is 6.42 Å². The van der Waals surface area contributed by atoms with Crippen molar-refractivity contribution in [3.63, 3.8) is 0 Å². The van der Waals surface area contributed by atoms with Crippen LogP contribution in [0.4, 0.5) is 0 Å². The molecule has 3 nitrogen and oxygen atoms in total. The summed E-state index contributed by atoms with van der Waals surface area (Å²) in [6, 6.07) is 5.58. The third-order valence-corrected chi connectivity index (χ3v) is 3.97. The van der Waals surface area contributed by atoms with Gasteiger partial charge in [0, 0.05) is 5.56 Å². The Labute approximate surface area is 122 Å². The van der Waals surface area contributed by atoms with Gasteiger partial charge in [-0.1, -0.05) is 57.7 Å². The average Bonchev–Trinajstić information content (AvgIpc) is 2.43. The molecule has 0 fully saturated rings. The number of oxime groups is 1. The molecule has 0 aliphatic heterocycles. The number of phenols is 1. The molecule has 112 valence electrons. The van der Waals surface area contributed by atoms with E-state index in [1.165, 1.54) is 31.2 Å². The van der Waals surface area contributed by atoms with Crippen molar-refractivity contribution in [1.82, 2.24) is 0 Å². The van der Waals surface area contributed by atoms with Gasteiger partial charge in [0.1, 0.15) is 5.75 Å². The van der Waals surface area contributed by atoms with Gasteiger partial charge in [-0.2, -0.15) is 0 Å². The first-order chi connectivity index (χ1) is 9.42. The van der Waals surface area contributed by atoms with Crippen LogP contribution in [0.15, 0.2) is 23.4 Å². The predicted molar refractivity (Wildman–Crippen MR) is 83.9 cm³/mol. The van der Waals surface area contributed by atoms with Crippen molar-refractivity contribution in [1.29, 1.82) is 0 Å². The molecule has 3 heteroatoms. The Hall–Kier alpha value is -1.51. The van der Waals surface area contributed by atoms with Crippen molar-refractivity contribution < 1.29 is 10.3 Å². The third-order valence-electron chi connectivity index (χ3n) is 3.97. The summed E-state index contributed by atoms with van der Waals surface area (Å²) in [5, 5.41) is 21.9. The average molecular weight is 277 g/mol. The van der Waals surface area contributed by atoms with Crippen LogP contribution in [0, 0.1) is 0 Å². The van der Waals surface area contributed by atoms with Crippen LogP contribution in [0.1, 0.15) is 70.9 Å². The van der Waals surface area contributed by atoms with E-state index in [0.29, 0.717) is 11.3 Å².